The van der Waals surface area contributed by atoms with E-state index in [0.717, 1.165) is 17.7 Å². The van der Waals surface area contributed by atoms with Gasteiger partial charge < -0.3 is 0 Å². The van der Waals surface area contributed by atoms with Gasteiger partial charge in [0.05, 0.1) is 16.1 Å². The zero-order valence-corrected chi connectivity index (χ0v) is 13.8. The zero-order chi connectivity index (χ0) is 17.6. The Hall–Kier alpha value is -1.57. The fourth-order valence-electron chi connectivity index (χ4n) is 2.53. The molecule has 0 atom stereocenters. The van der Waals surface area contributed by atoms with Gasteiger partial charge in [0.15, 0.2) is 0 Å². The molecule has 0 spiro atoms. The van der Waals surface area contributed by atoms with Crippen molar-refractivity contribution in [2.24, 2.45) is 0 Å². The summed E-state index contributed by atoms with van der Waals surface area (Å²) in [6.07, 6.45) is -3.49. The van der Waals surface area contributed by atoms with Crippen LogP contribution >= 0.6 is 11.6 Å². The normalized spacial score (nSPS) is 16.8. The molecular formula is C16H13ClF3NO2S. The molecule has 0 radical (unpaired) electrons. The SMILES string of the molecule is O=S(=O)(NC1(c2ccccc2)CC1)c1cc(C(F)(F)F)ccc1Cl. The lowest BCUT2D eigenvalue weighted by atomic mass is 10.1. The molecule has 1 aliphatic rings. The van der Waals surface area contributed by atoms with Crippen molar-refractivity contribution in [3.05, 3.63) is 64.7 Å². The Labute approximate surface area is 142 Å². The maximum atomic E-state index is 12.8. The Morgan fingerprint density at radius 3 is 2.21 bits per heavy atom. The summed E-state index contributed by atoms with van der Waals surface area (Å²) in [6.45, 7) is 0. The van der Waals surface area contributed by atoms with Crippen molar-refractivity contribution in [3.8, 4) is 0 Å². The first-order valence-electron chi connectivity index (χ1n) is 7.10. The molecule has 1 saturated carbocycles. The largest absolute Gasteiger partial charge is 0.416 e. The van der Waals surface area contributed by atoms with Gasteiger partial charge in [-0.15, -0.1) is 0 Å². The van der Waals surface area contributed by atoms with Gasteiger partial charge in [-0.25, -0.2) is 13.1 Å². The van der Waals surface area contributed by atoms with Gasteiger partial charge in [0, 0.05) is 0 Å². The third kappa shape index (κ3) is 3.29. The van der Waals surface area contributed by atoms with Gasteiger partial charge in [-0.05, 0) is 36.6 Å². The highest BCUT2D eigenvalue weighted by Gasteiger charge is 2.48. The lowest BCUT2D eigenvalue weighted by Gasteiger charge is -2.19. The molecule has 0 aliphatic heterocycles. The summed E-state index contributed by atoms with van der Waals surface area (Å²) in [5.74, 6) is 0. The number of hydrogen-bond acceptors (Lipinski definition) is 2. The zero-order valence-electron chi connectivity index (χ0n) is 12.3. The molecule has 128 valence electrons. The van der Waals surface area contributed by atoms with Crippen LogP contribution in [0.2, 0.25) is 5.02 Å². The van der Waals surface area contributed by atoms with Crippen LogP contribution in [-0.2, 0) is 21.7 Å². The summed E-state index contributed by atoms with van der Waals surface area (Å²) in [5, 5.41) is -0.251. The molecule has 0 saturated heterocycles. The molecule has 1 aliphatic carbocycles. The van der Waals surface area contributed by atoms with E-state index in [9.17, 15) is 21.6 Å². The van der Waals surface area contributed by atoms with Gasteiger partial charge in [0.2, 0.25) is 10.0 Å². The molecule has 24 heavy (non-hydrogen) atoms. The summed E-state index contributed by atoms with van der Waals surface area (Å²) < 4.78 is 66.2. The summed E-state index contributed by atoms with van der Waals surface area (Å²) in [4.78, 5) is -0.568. The van der Waals surface area contributed by atoms with Crippen molar-refractivity contribution >= 4 is 21.6 Å². The molecular weight excluding hydrogens is 363 g/mol. The summed E-state index contributed by atoms with van der Waals surface area (Å²) >= 11 is 5.84. The molecule has 2 aromatic carbocycles. The highest BCUT2D eigenvalue weighted by atomic mass is 35.5. The first-order valence-corrected chi connectivity index (χ1v) is 8.96. The van der Waals surface area contributed by atoms with Gasteiger partial charge in [0.25, 0.3) is 0 Å². The minimum absolute atomic E-state index is 0.251. The van der Waals surface area contributed by atoms with Gasteiger partial charge in [-0.1, -0.05) is 41.9 Å². The lowest BCUT2D eigenvalue weighted by molar-refractivity contribution is -0.137. The van der Waals surface area contributed by atoms with E-state index in [2.05, 4.69) is 4.72 Å². The van der Waals surface area contributed by atoms with E-state index in [0.29, 0.717) is 18.9 Å². The molecule has 0 amide bonds. The topological polar surface area (TPSA) is 46.2 Å². The van der Waals surface area contributed by atoms with Crippen molar-refractivity contribution in [3.63, 3.8) is 0 Å². The molecule has 0 heterocycles. The van der Waals surface area contributed by atoms with E-state index in [1.54, 1.807) is 30.3 Å². The maximum absolute atomic E-state index is 12.8. The van der Waals surface area contributed by atoms with E-state index in [1.807, 2.05) is 0 Å². The van der Waals surface area contributed by atoms with Crippen molar-refractivity contribution in [1.82, 2.24) is 4.72 Å². The first-order chi connectivity index (χ1) is 11.1. The number of alkyl halides is 3. The van der Waals surface area contributed by atoms with E-state index < -0.39 is 32.2 Å². The summed E-state index contributed by atoms with van der Waals surface area (Å²) in [5.41, 5.74) is -1.06. The predicted octanol–water partition coefficient (Wildman–Crippen LogP) is 4.33. The van der Waals surface area contributed by atoms with Gasteiger partial charge >= 0.3 is 6.18 Å². The summed E-state index contributed by atoms with van der Waals surface area (Å²) in [7, 11) is -4.20. The molecule has 2 aromatic rings. The average Bonchev–Trinajstić information content (AvgIpc) is 3.27. The van der Waals surface area contributed by atoms with Crippen molar-refractivity contribution in [2.45, 2.75) is 29.5 Å². The van der Waals surface area contributed by atoms with Crippen LogP contribution in [0.4, 0.5) is 13.2 Å². The van der Waals surface area contributed by atoms with Crippen LogP contribution in [0.5, 0.6) is 0 Å². The quantitative estimate of drug-likeness (QED) is 0.864. The number of sulfonamides is 1. The Kier molecular flexibility index (Phi) is 4.14. The Morgan fingerprint density at radius 2 is 1.67 bits per heavy atom. The monoisotopic (exact) mass is 375 g/mol. The summed E-state index contributed by atoms with van der Waals surface area (Å²) in [6, 6.07) is 11.2. The molecule has 0 unspecified atom stereocenters. The molecule has 8 heteroatoms. The number of benzene rings is 2. The second-order valence-electron chi connectivity index (χ2n) is 5.70. The minimum Gasteiger partial charge on any atom is -0.207 e. The van der Waals surface area contributed by atoms with Crippen molar-refractivity contribution < 1.29 is 21.6 Å². The van der Waals surface area contributed by atoms with Crippen molar-refractivity contribution in [1.29, 1.82) is 0 Å². The van der Waals surface area contributed by atoms with Crippen LogP contribution in [0.1, 0.15) is 24.0 Å². The van der Waals surface area contributed by atoms with E-state index >= 15 is 0 Å². The first kappa shape index (κ1) is 17.3. The van der Waals surface area contributed by atoms with Gasteiger partial charge in [-0.3, -0.25) is 0 Å². The fraction of sp³-hybridized carbons (Fsp3) is 0.250. The minimum atomic E-state index is -4.65. The van der Waals surface area contributed by atoms with Crippen LogP contribution in [0.15, 0.2) is 53.4 Å². The number of halogens is 4. The van der Waals surface area contributed by atoms with Gasteiger partial charge in [-0.2, -0.15) is 13.2 Å². The van der Waals surface area contributed by atoms with Crippen LogP contribution in [0.25, 0.3) is 0 Å². The van der Waals surface area contributed by atoms with Crippen LogP contribution in [0.3, 0.4) is 0 Å². The van der Waals surface area contributed by atoms with Crippen LogP contribution in [0, 0.1) is 0 Å². The lowest BCUT2D eigenvalue weighted by Crippen LogP contribution is -2.35. The molecule has 1 fully saturated rings. The van der Waals surface area contributed by atoms with E-state index in [1.165, 1.54) is 0 Å². The Bertz CT molecular complexity index is 863. The van der Waals surface area contributed by atoms with E-state index in [-0.39, 0.29) is 5.02 Å². The third-order valence-corrected chi connectivity index (χ3v) is 5.97. The molecule has 3 nitrogen and oxygen atoms in total. The highest BCUT2D eigenvalue weighted by molar-refractivity contribution is 7.89. The smallest absolute Gasteiger partial charge is 0.207 e. The van der Waals surface area contributed by atoms with E-state index in [4.69, 9.17) is 11.6 Å². The van der Waals surface area contributed by atoms with Crippen LogP contribution in [-0.4, -0.2) is 8.42 Å². The Balaban J connectivity index is 1.98. The second kappa shape index (κ2) is 5.75. The Morgan fingerprint density at radius 1 is 1.04 bits per heavy atom. The standard InChI is InChI=1S/C16H13ClF3NO2S/c17-13-7-6-12(16(18,19)20)10-14(13)24(22,23)21-15(8-9-15)11-4-2-1-3-5-11/h1-7,10,21H,8-9H2. The number of nitrogens with one attached hydrogen (secondary N) is 1. The highest BCUT2D eigenvalue weighted by Crippen LogP contribution is 2.47. The molecule has 0 bridgehead atoms. The average molecular weight is 376 g/mol. The molecule has 1 N–H and O–H groups in total. The predicted molar refractivity (Wildman–Crippen MR) is 84.1 cm³/mol. The second-order valence-corrected chi connectivity index (χ2v) is 7.75. The third-order valence-electron chi connectivity index (χ3n) is 3.95. The molecule has 3 rings (SSSR count). The van der Waals surface area contributed by atoms with Crippen LogP contribution < -0.4 is 4.72 Å². The van der Waals surface area contributed by atoms with Crippen molar-refractivity contribution in [2.75, 3.05) is 0 Å². The number of rotatable bonds is 4. The molecule has 0 aromatic heterocycles. The fourth-order valence-corrected chi connectivity index (χ4v) is 4.51. The van der Waals surface area contributed by atoms with Gasteiger partial charge in [0.1, 0.15) is 4.90 Å². The number of hydrogen-bond donors (Lipinski definition) is 1. The maximum Gasteiger partial charge on any atom is 0.416 e.